The van der Waals surface area contributed by atoms with Gasteiger partial charge in [-0.1, -0.05) is 62.7 Å². The summed E-state index contributed by atoms with van der Waals surface area (Å²) in [6.07, 6.45) is 6.49. The molecule has 8 nitrogen and oxygen atoms in total. The van der Waals surface area contributed by atoms with Crippen LogP contribution in [0.1, 0.15) is 18.1 Å². The summed E-state index contributed by atoms with van der Waals surface area (Å²) in [4.78, 5) is 47.6. The largest absolute Gasteiger partial charge is 0.423 e. The molecule has 0 bridgehead atoms. The van der Waals surface area contributed by atoms with Crippen LogP contribution >= 0.6 is 0 Å². The Hall–Kier alpha value is -5.76. The fourth-order valence-corrected chi connectivity index (χ4v) is 3.29. The van der Waals surface area contributed by atoms with Crippen molar-refractivity contribution in [2.45, 2.75) is 6.92 Å². The maximum absolute atomic E-state index is 12.2. The number of benzene rings is 3. The normalized spacial score (nSPS) is 10.3. The predicted molar refractivity (Wildman–Crippen MR) is 155 cm³/mol. The molecular formula is C33H26O8. The average Bonchev–Trinajstić information content (AvgIpc) is 2.97. The van der Waals surface area contributed by atoms with Crippen molar-refractivity contribution in [2.24, 2.45) is 0 Å². The quantitative estimate of drug-likeness (QED) is 0.119. The van der Waals surface area contributed by atoms with Crippen LogP contribution in [-0.2, 0) is 19.2 Å². The molecule has 0 heterocycles. The Morgan fingerprint density at radius 1 is 0.634 bits per heavy atom. The van der Waals surface area contributed by atoms with E-state index in [0.29, 0.717) is 22.4 Å². The van der Waals surface area contributed by atoms with Crippen LogP contribution in [0.4, 0.5) is 0 Å². The number of ether oxygens (including phenoxy) is 4. The molecule has 8 heteroatoms. The van der Waals surface area contributed by atoms with Gasteiger partial charge < -0.3 is 18.9 Å². The maximum Gasteiger partial charge on any atom is 0.338 e. The fraction of sp³-hybridized carbons (Fsp3) is 0.0303. The molecule has 0 saturated heterocycles. The van der Waals surface area contributed by atoms with E-state index >= 15 is 0 Å². The highest BCUT2D eigenvalue weighted by Gasteiger charge is 2.17. The predicted octanol–water partition coefficient (Wildman–Crippen LogP) is 6.28. The lowest BCUT2D eigenvalue weighted by Crippen LogP contribution is -2.08. The summed E-state index contributed by atoms with van der Waals surface area (Å²) in [6.45, 7) is 15.4. The van der Waals surface area contributed by atoms with Gasteiger partial charge in [-0.2, -0.15) is 0 Å². The monoisotopic (exact) mass is 550 g/mol. The average molecular weight is 551 g/mol. The van der Waals surface area contributed by atoms with Crippen molar-refractivity contribution in [2.75, 3.05) is 0 Å². The Morgan fingerprint density at radius 3 is 1.71 bits per heavy atom. The van der Waals surface area contributed by atoms with Crippen LogP contribution in [0.15, 0.2) is 111 Å². The molecule has 3 aromatic rings. The highest BCUT2D eigenvalue weighted by molar-refractivity contribution is 5.90. The van der Waals surface area contributed by atoms with Crippen molar-refractivity contribution >= 4 is 36.0 Å². The van der Waals surface area contributed by atoms with Crippen molar-refractivity contribution in [1.29, 1.82) is 0 Å². The standard InChI is InChI=1S/C33H26O8/c1-6-30(34)38-25-15-10-22(11-16-25)9-12-24-19-29(41-32(36)8-3)27(20-28(24)40-31(35)7-2)23-13-17-26(18-14-23)39-33(37)21(4)5/h6-20H,1-4H2,5H3/b12-9+. The van der Waals surface area contributed by atoms with E-state index in [1.807, 2.05) is 0 Å². The molecule has 0 atom stereocenters. The van der Waals surface area contributed by atoms with Gasteiger partial charge in [-0.15, -0.1) is 0 Å². The van der Waals surface area contributed by atoms with Gasteiger partial charge in [-0.05, 0) is 54.4 Å². The minimum atomic E-state index is -0.700. The molecule has 0 fully saturated rings. The van der Waals surface area contributed by atoms with Crippen LogP contribution in [0.5, 0.6) is 23.0 Å². The molecule has 0 amide bonds. The van der Waals surface area contributed by atoms with Gasteiger partial charge in [0.1, 0.15) is 23.0 Å². The number of hydrogen-bond acceptors (Lipinski definition) is 8. The van der Waals surface area contributed by atoms with Gasteiger partial charge in [0.2, 0.25) is 0 Å². The van der Waals surface area contributed by atoms with Gasteiger partial charge in [0.25, 0.3) is 0 Å². The highest BCUT2D eigenvalue weighted by Crippen LogP contribution is 2.38. The number of esters is 4. The van der Waals surface area contributed by atoms with E-state index in [2.05, 4.69) is 26.3 Å². The molecule has 206 valence electrons. The van der Waals surface area contributed by atoms with Crippen molar-refractivity contribution in [3.63, 3.8) is 0 Å². The summed E-state index contributed by atoms with van der Waals surface area (Å²) >= 11 is 0. The Bertz CT molecular complexity index is 1560. The van der Waals surface area contributed by atoms with E-state index in [0.717, 1.165) is 23.8 Å². The molecule has 0 saturated carbocycles. The van der Waals surface area contributed by atoms with Gasteiger partial charge in [0, 0.05) is 34.9 Å². The summed E-state index contributed by atoms with van der Waals surface area (Å²) in [5.74, 6) is -1.59. The van der Waals surface area contributed by atoms with E-state index < -0.39 is 23.9 Å². The van der Waals surface area contributed by atoms with Crippen LogP contribution in [0.2, 0.25) is 0 Å². The van der Waals surface area contributed by atoms with Crippen LogP contribution < -0.4 is 18.9 Å². The SMILES string of the molecule is C=CC(=O)Oc1ccc(/C=C/c2cc(OC(=O)C=C)c(-c3ccc(OC(=O)C(=C)C)cc3)cc2OC(=O)C=C)cc1. The minimum absolute atomic E-state index is 0.159. The van der Waals surface area contributed by atoms with Gasteiger partial charge in [0.15, 0.2) is 0 Å². The van der Waals surface area contributed by atoms with E-state index in [9.17, 15) is 19.2 Å². The zero-order chi connectivity index (χ0) is 29.9. The van der Waals surface area contributed by atoms with Crippen LogP contribution in [0.25, 0.3) is 23.3 Å². The number of carbonyl (C=O) groups is 4. The first kappa shape index (κ1) is 29.8. The molecule has 3 aromatic carbocycles. The van der Waals surface area contributed by atoms with Gasteiger partial charge in [-0.25, -0.2) is 19.2 Å². The molecule has 0 N–H and O–H groups in total. The van der Waals surface area contributed by atoms with Crippen molar-refractivity contribution in [3.8, 4) is 34.1 Å². The Morgan fingerprint density at radius 2 is 1.15 bits per heavy atom. The molecule has 0 aliphatic carbocycles. The maximum atomic E-state index is 12.2. The Kier molecular flexibility index (Phi) is 10.1. The third kappa shape index (κ3) is 8.36. The zero-order valence-electron chi connectivity index (χ0n) is 22.3. The third-order valence-electron chi connectivity index (χ3n) is 5.31. The smallest absolute Gasteiger partial charge is 0.338 e. The first-order valence-electron chi connectivity index (χ1n) is 12.1. The molecular weight excluding hydrogens is 524 g/mol. The fourth-order valence-electron chi connectivity index (χ4n) is 3.29. The van der Waals surface area contributed by atoms with Gasteiger partial charge in [-0.3, -0.25) is 0 Å². The number of hydrogen-bond donors (Lipinski definition) is 0. The minimum Gasteiger partial charge on any atom is -0.423 e. The zero-order valence-corrected chi connectivity index (χ0v) is 22.3. The highest BCUT2D eigenvalue weighted by atomic mass is 16.5. The van der Waals surface area contributed by atoms with Gasteiger partial charge >= 0.3 is 23.9 Å². The van der Waals surface area contributed by atoms with Crippen molar-refractivity contribution < 1.29 is 38.1 Å². The summed E-state index contributed by atoms with van der Waals surface area (Å²) < 4.78 is 21.3. The lowest BCUT2D eigenvalue weighted by atomic mass is 10.0. The second-order valence-electron chi connectivity index (χ2n) is 8.36. The molecule has 0 unspecified atom stereocenters. The van der Waals surface area contributed by atoms with E-state index in [4.69, 9.17) is 18.9 Å². The number of rotatable bonds is 11. The van der Waals surface area contributed by atoms with E-state index in [1.165, 1.54) is 13.0 Å². The number of carbonyl (C=O) groups excluding carboxylic acids is 4. The Labute approximate surface area is 237 Å². The molecule has 0 aliphatic rings. The van der Waals surface area contributed by atoms with Gasteiger partial charge in [0.05, 0.1) is 0 Å². The molecule has 0 aliphatic heterocycles. The van der Waals surface area contributed by atoms with E-state index in [1.54, 1.807) is 66.7 Å². The first-order chi connectivity index (χ1) is 19.6. The van der Waals surface area contributed by atoms with Crippen LogP contribution in [0.3, 0.4) is 0 Å². The second kappa shape index (κ2) is 13.9. The topological polar surface area (TPSA) is 105 Å². The molecule has 0 aromatic heterocycles. The third-order valence-corrected chi connectivity index (χ3v) is 5.31. The van der Waals surface area contributed by atoms with Crippen molar-refractivity contribution in [1.82, 2.24) is 0 Å². The van der Waals surface area contributed by atoms with Crippen molar-refractivity contribution in [3.05, 3.63) is 122 Å². The van der Waals surface area contributed by atoms with E-state index in [-0.39, 0.29) is 22.8 Å². The lowest BCUT2D eigenvalue weighted by Gasteiger charge is -2.15. The first-order valence-corrected chi connectivity index (χ1v) is 12.1. The van der Waals surface area contributed by atoms with Crippen LogP contribution in [-0.4, -0.2) is 23.9 Å². The summed E-state index contributed by atoms with van der Waals surface area (Å²) in [6, 6.07) is 16.2. The Balaban J connectivity index is 2.05. The molecule has 0 radical (unpaired) electrons. The van der Waals surface area contributed by atoms with Crippen LogP contribution in [0, 0.1) is 0 Å². The summed E-state index contributed by atoms with van der Waals surface area (Å²) in [5, 5.41) is 0. The summed E-state index contributed by atoms with van der Waals surface area (Å²) in [5.41, 5.74) is 2.37. The molecule has 3 rings (SSSR count). The lowest BCUT2D eigenvalue weighted by molar-refractivity contribution is -0.130. The molecule has 0 spiro atoms. The second-order valence-corrected chi connectivity index (χ2v) is 8.36. The molecule has 41 heavy (non-hydrogen) atoms. The summed E-state index contributed by atoms with van der Waals surface area (Å²) in [7, 11) is 0.